The molecule has 28 heavy (non-hydrogen) atoms. The van der Waals surface area contributed by atoms with Gasteiger partial charge in [-0.1, -0.05) is 23.7 Å². The lowest BCUT2D eigenvalue weighted by Crippen LogP contribution is -2.24. The summed E-state index contributed by atoms with van der Waals surface area (Å²) < 4.78 is 24.7. The van der Waals surface area contributed by atoms with Crippen molar-refractivity contribution in [3.63, 3.8) is 0 Å². The van der Waals surface area contributed by atoms with Crippen molar-refractivity contribution in [3.05, 3.63) is 70.1 Å². The fourth-order valence-corrected chi connectivity index (χ4v) is 3.51. The van der Waals surface area contributed by atoms with E-state index in [0.717, 1.165) is 23.2 Å². The molecule has 2 heterocycles. The minimum Gasteiger partial charge on any atom is -0.347 e. The van der Waals surface area contributed by atoms with E-state index in [2.05, 4.69) is 15.4 Å². The quantitative estimate of drug-likeness (QED) is 0.687. The third kappa shape index (κ3) is 4.40. The van der Waals surface area contributed by atoms with Crippen LogP contribution in [0.25, 0.3) is 5.82 Å². The number of benzene rings is 1. The summed E-state index contributed by atoms with van der Waals surface area (Å²) in [4.78, 5) is 17.1. The summed E-state index contributed by atoms with van der Waals surface area (Å²) in [5.74, 6) is 0.0678. The van der Waals surface area contributed by atoms with Crippen molar-refractivity contribution in [3.8, 4) is 5.82 Å². The normalized spacial score (nSPS) is 11.4. The van der Waals surface area contributed by atoms with Gasteiger partial charge in [-0.05, 0) is 49.7 Å². The van der Waals surface area contributed by atoms with Gasteiger partial charge in [0.2, 0.25) is 0 Å². The van der Waals surface area contributed by atoms with E-state index in [1.807, 2.05) is 19.9 Å². The molecular formula is C19H19ClN4O3S. The largest absolute Gasteiger partial charge is 0.347 e. The van der Waals surface area contributed by atoms with Gasteiger partial charge in [0.1, 0.15) is 5.69 Å². The van der Waals surface area contributed by atoms with Crippen molar-refractivity contribution >= 4 is 27.3 Å². The number of halogens is 1. The number of carbonyl (C=O) groups is 1. The van der Waals surface area contributed by atoms with Crippen LogP contribution in [-0.4, -0.2) is 35.3 Å². The summed E-state index contributed by atoms with van der Waals surface area (Å²) in [5.41, 5.74) is 2.59. The number of hydrogen-bond acceptors (Lipinski definition) is 5. The molecule has 0 fully saturated rings. The Labute approximate surface area is 168 Å². The number of aromatic nitrogens is 3. The van der Waals surface area contributed by atoms with Gasteiger partial charge < -0.3 is 5.32 Å². The molecule has 0 aliphatic heterocycles. The first kappa shape index (κ1) is 20.0. The first-order valence-electron chi connectivity index (χ1n) is 8.42. The van der Waals surface area contributed by atoms with E-state index in [0.29, 0.717) is 5.82 Å². The van der Waals surface area contributed by atoms with E-state index >= 15 is 0 Å². The maximum absolute atomic E-state index is 12.6. The van der Waals surface area contributed by atoms with E-state index in [1.165, 1.54) is 12.1 Å². The number of rotatable bonds is 5. The van der Waals surface area contributed by atoms with E-state index < -0.39 is 15.7 Å². The van der Waals surface area contributed by atoms with Gasteiger partial charge in [-0.2, -0.15) is 5.10 Å². The maximum Gasteiger partial charge on any atom is 0.271 e. The zero-order valence-corrected chi connectivity index (χ0v) is 17.2. The number of sulfone groups is 1. The second kappa shape index (κ2) is 7.73. The highest BCUT2D eigenvalue weighted by Gasteiger charge is 2.15. The zero-order chi connectivity index (χ0) is 20.5. The minimum atomic E-state index is -3.26. The molecule has 1 aromatic carbocycles. The van der Waals surface area contributed by atoms with Crippen LogP contribution in [0.1, 0.15) is 27.4 Å². The van der Waals surface area contributed by atoms with E-state index in [1.54, 1.807) is 28.9 Å². The molecule has 3 rings (SSSR count). The van der Waals surface area contributed by atoms with Crippen molar-refractivity contribution in [1.29, 1.82) is 0 Å². The predicted octanol–water partition coefficient (Wildman–Crippen LogP) is 2.87. The highest BCUT2D eigenvalue weighted by Crippen LogP contribution is 2.18. The fourth-order valence-electron chi connectivity index (χ4n) is 2.69. The lowest BCUT2D eigenvalue weighted by molar-refractivity contribution is 0.0946. The lowest BCUT2D eigenvalue weighted by atomic mass is 10.2. The molecule has 3 aromatic rings. The predicted molar refractivity (Wildman–Crippen MR) is 107 cm³/mol. The summed E-state index contributed by atoms with van der Waals surface area (Å²) >= 11 is 6.16. The highest BCUT2D eigenvalue weighted by molar-refractivity contribution is 7.90. The van der Waals surface area contributed by atoms with Crippen LogP contribution in [0.4, 0.5) is 0 Å². The van der Waals surface area contributed by atoms with Crippen molar-refractivity contribution in [2.24, 2.45) is 0 Å². The van der Waals surface area contributed by atoms with E-state index in [9.17, 15) is 13.2 Å². The highest BCUT2D eigenvalue weighted by atomic mass is 35.5. The molecule has 0 atom stereocenters. The van der Waals surface area contributed by atoms with Crippen LogP contribution in [0.15, 0.2) is 47.4 Å². The van der Waals surface area contributed by atoms with Crippen LogP contribution in [0.5, 0.6) is 0 Å². The molecular weight excluding hydrogens is 400 g/mol. The molecule has 0 aliphatic carbocycles. The monoisotopic (exact) mass is 418 g/mol. The molecule has 0 spiro atoms. The Kier molecular flexibility index (Phi) is 5.53. The van der Waals surface area contributed by atoms with Gasteiger partial charge in [-0.3, -0.25) is 4.79 Å². The van der Waals surface area contributed by atoms with Crippen molar-refractivity contribution in [1.82, 2.24) is 20.1 Å². The number of hydrogen-bond donors (Lipinski definition) is 1. The van der Waals surface area contributed by atoms with E-state index in [-0.39, 0.29) is 22.2 Å². The van der Waals surface area contributed by atoms with Crippen molar-refractivity contribution in [2.45, 2.75) is 25.3 Å². The number of nitrogens with one attached hydrogen (secondary N) is 1. The maximum atomic E-state index is 12.6. The smallest absolute Gasteiger partial charge is 0.271 e. The van der Waals surface area contributed by atoms with Crippen molar-refractivity contribution < 1.29 is 13.2 Å². The SMILES string of the molecule is Cc1cc(C)n(-c2ccc(Cl)c(C(=O)NCc3ccc(S(C)(=O)=O)cc3)n2)n1. The molecule has 1 N–H and O–H groups in total. The van der Waals surface area contributed by atoms with Crippen LogP contribution >= 0.6 is 11.6 Å². The molecule has 0 radical (unpaired) electrons. The van der Waals surface area contributed by atoms with Crippen LogP contribution in [0, 0.1) is 13.8 Å². The molecule has 0 unspecified atom stereocenters. The minimum absolute atomic E-state index is 0.0967. The molecule has 7 nitrogen and oxygen atoms in total. The van der Waals surface area contributed by atoms with Crippen LogP contribution in [0.2, 0.25) is 5.02 Å². The molecule has 0 saturated heterocycles. The Morgan fingerprint density at radius 2 is 1.82 bits per heavy atom. The Morgan fingerprint density at radius 3 is 2.39 bits per heavy atom. The van der Waals surface area contributed by atoms with Gasteiger partial charge in [0.05, 0.1) is 15.6 Å². The number of nitrogens with zero attached hydrogens (tertiary/aromatic N) is 3. The number of aryl methyl sites for hydroxylation is 2. The molecule has 0 bridgehead atoms. The summed E-state index contributed by atoms with van der Waals surface area (Å²) in [5, 5.41) is 7.34. The third-order valence-corrected chi connectivity index (χ3v) is 5.51. The Bertz CT molecular complexity index is 1140. The summed E-state index contributed by atoms with van der Waals surface area (Å²) in [6.07, 6.45) is 1.15. The second-order valence-electron chi connectivity index (χ2n) is 6.44. The summed E-state index contributed by atoms with van der Waals surface area (Å²) in [6, 6.07) is 11.5. The van der Waals surface area contributed by atoms with Crippen LogP contribution < -0.4 is 5.32 Å². The standard InChI is InChI=1S/C19H19ClN4O3S/c1-12-10-13(2)24(23-12)17-9-8-16(20)18(22-17)19(25)21-11-14-4-6-15(7-5-14)28(3,26)27/h4-10H,11H2,1-3H3,(H,21,25). The Balaban J connectivity index is 1.77. The van der Waals surface area contributed by atoms with Crippen molar-refractivity contribution in [2.75, 3.05) is 6.26 Å². The third-order valence-electron chi connectivity index (χ3n) is 4.08. The lowest BCUT2D eigenvalue weighted by Gasteiger charge is -2.09. The second-order valence-corrected chi connectivity index (χ2v) is 8.86. The van der Waals surface area contributed by atoms with Crippen LogP contribution in [0.3, 0.4) is 0 Å². The molecule has 9 heteroatoms. The summed E-state index contributed by atoms with van der Waals surface area (Å²) in [7, 11) is -3.26. The first-order valence-corrected chi connectivity index (χ1v) is 10.7. The topological polar surface area (TPSA) is 94.0 Å². The molecule has 146 valence electrons. The molecule has 0 aliphatic rings. The summed E-state index contributed by atoms with van der Waals surface area (Å²) in [6.45, 7) is 3.99. The number of carbonyl (C=O) groups excluding carboxylic acids is 1. The van der Waals surface area contributed by atoms with Gasteiger partial charge in [0.25, 0.3) is 5.91 Å². The van der Waals surface area contributed by atoms with Gasteiger partial charge in [0, 0.05) is 18.5 Å². The number of pyridine rings is 1. The van der Waals surface area contributed by atoms with Crippen LogP contribution in [-0.2, 0) is 16.4 Å². The van der Waals surface area contributed by atoms with E-state index in [4.69, 9.17) is 11.6 Å². The zero-order valence-electron chi connectivity index (χ0n) is 15.6. The fraction of sp³-hybridized carbons (Fsp3) is 0.211. The molecule has 1 amide bonds. The molecule has 2 aromatic heterocycles. The van der Waals surface area contributed by atoms with Gasteiger partial charge in [-0.25, -0.2) is 18.1 Å². The van der Waals surface area contributed by atoms with Gasteiger partial charge in [-0.15, -0.1) is 0 Å². The first-order chi connectivity index (χ1) is 13.1. The number of amides is 1. The van der Waals surface area contributed by atoms with Gasteiger partial charge >= 0.3 is 0 Å². The Morgan fingerprint density at radius 1 is 1.14 bits per heavy atom. The van der Waals surface area contributed by atoms with Gasteiger partial charge in [0.15, 0.2) is 15.7 Å². The average molecular weight is 419 g/mol. The molecule has 0 saturated carbocycles. The average Bonchev–Trinajstić information content (AvgIpc) is 2.98. The Hall–Kier alpha value is -2.71.